The summed E-state index contributed by atoms with van der Waals surface area (Å²) in [6.45, 7) is 0. The Hall–Kier alpha value is -1.99. The van der Waals surface area contributed by atoms with E-state index in [4.69, 9.17) is 9.84 Å². The lowest BCUT2D eigenvalue weighted by Gasteiger charge is -2.05. The summed E-state index contributed by atoms with van der Waals surface area (Å²) in [6, 6.07) is 12.0. The van der Waals surface area contributed by atoms with Crippen molar-refractivity contribution >= 4 is 44.4 Å². The number of H-pyrrole nitrogens is 1. The summed E-state index contributed by atoms with van der Waals surface area (Å²) in [4.78, 5) is 10.7. The number of ether oxygens (including phenoxy) is 1. The van der Waals surface area contributed by atoms with E-state index in [1.165, 1.54) is 11.8 Å². The number of methoxy groups -OCH3 is 1. The highest BCUT2D eigenvalue weighted by Gasteiger charge is 2.14. The molecule has 3 rings (SSSR count). The zero-order valence-corrected chi connectivity index (χ0v) is 14.6. The number of nitrogens with zero attached hydrogens (tertiary/aromatic N) is 1. The molecule has 2 N–H and O–H groups in total. The predicted molar refractivity (Wildman–Crippen MR) is 94.1 cm³/mol. The SMILES string of the molecule is COc1ccc2cc(-c3[nH]nc(SCC(=O)O)c3Br)ccc2c1. The number of aliphatic carboxylic acids is 1. The van der Waals surface area contributed by atoms with Gasteiger partial charge in [0.15, 0.2) is 0 Å². The first kappa shape index (κ1) is 15.9. The first-order chi connectivity index (χ1) is 11.1. The monoisotopic (exact) mass is 392 g/mol. The quantitative estimate of drug-likeness (QED) is 0.637. The van der Waals surface area contributed by atoms with Crippen molar-refractivity contribution in [1.29, 1.82) is 0 Å². The van der Waals surface area contributed by atoms with Crippen molar-refractivity contribution in [2.75, 3.05) is 12.9 Å². The van der Waals surface area contributed by atoms with Crippen molar-refractivity contribution in [3.8, 4) is 17.0 Å². The molecule has 7 heteroatoms. The Morgan fingerprint density at radius 3 is 2.78 bits per heavy atom. The smallest absolute Gasteiger partial charge is 0.313 e. The molecule has 2 aromatic carbocycles. The number of hydrogen-bond acceptors (Lipinski definition) is 4. The lowest BCUT2D eigenvalue weighted by molar-refractivity contribution is -0.133. The van der Waals surface area contributed by atoms with Gasteiger partial charge in [0.1, 0.15) is 10.8 Å². The van der Waals surface area contributed by atoms with Gasteiger partial charge < -0.3 is 9.84 Å². The molecule has 0 unspecified atom stereocenters. The molecular formula is C16H13BrN2O3S. The molecular weight excluding hydrogens is 380 g/mol. The highest BCUT2D eigenvalue weighted by atomic mass is 79.9. The van der Waals surface area contributed by atoms with Gasteiger partial charge in [-0.2, -0.15) is 5.10 Å². The fourth-order valence-electron chi connectivity index (χ4n) is 2.24. The Morgan fingerprint density at radius 2 is 2.04 bits per heavy atom. The summed E-state index contributed by atoms with van der Waals surface area (Å²) >= 11 is 4.67. The predicted octanol–water partition coefficient (Wildman–Crippen LogP) is 4.18. The first-order valence-electron chi connectivity index (χ1n) is 6.75. The van der Waals surface area contributed by atoms with E-state index < -0.39 is 5.97 Å². The molecule has 0 saturated heterocycles. The van der Waals surface area contributed by atoms with E-state index in [0.29, 0.717) is 5.03 Å². The molecule has 0 spiro atoms. The third-order valence-electron chi connectivity index (χ3n) is 3.34. The number of nitrogens with one attached hydrogen (secondary N) is 1. The van der Waals surface area contributed by atoms with E-state index in [0.717, 1.165) is 32.3 Å². The Labute approximate surface area is 145 Å². The molecule has 0 saturated carbocycles. The Morgan fingerprint density at radius 1 is 1.30 bits per heavy atom. The van der Waals surface area contributed by atoms with E-state index in [-0.39, 0.29) is 5.75 Å². The van der Waals surface area contributed by atoms with Crippen molar-refractivity contribution in [1.82, 2.24) is 10.2 Å². The van der Waals surface area contributed by atoms with Crippen molar-refractivity contribution in [3.05, 3.63) is 40.9 Å². The van der Waals surface area contributed by atoms with Gasteiger partial charge in [-0.25, -0.2) is 0 Å². The molecule has 0 aliphatic carbocycles. The average Bonchev–Trinajstić information content (AvgIpc) is 2.92. The number of halogens is 1. The number of benzene rings is 2. The number of rotatable bonds is 5. The zero-order chi connectivity index (χ0) is 16.4. The second-order valence-corrected chi connectivity index (χ2v) is 6.59. The van der Waals surface area contributed by atoms with Crippen LogP contribution in [0.15, 0.2) is 45.9 Å². The van der Waals surface area contributed by atoms with Crippen LogP contribution in [0.2, 0.25) is 0 Å². The lowest BCUT2D eigenvalue weighted by atomic mass is 10.0. The highest BCUT2D eigenvalue weighted by molar-refractivity contribution is 9.10. The van der Waals surface area contributed by atoms with E-state index >= 15 is 0 Å². The molecule has 1 aromatic heterocycles. The third kappa shape index (κ3) is 3.35. The summed E-state index contributed by atoms with van der Waals surface area (Å²) in [7, 11) is 1.65. The van der Waals surface area contributed by atoms with Crippen LogP contribution in [-0.4, -0.2) is 34.1 Å². The van der Waals surface area contributed by atoms with E-state index in [1.807, 2.05) is 30.3 Å². The fourth-order valence-corrected chi connectivity index (χ4v) is 3.58. The molecule has 5 nitrogen and oxygen atoms in total. The number of carboxylic acids is 1. The molecule has 0 bridgehead atoms. The normalized spacial score (nSPS) is 10.9. The fraction of sp³-hybridized carbons (Fsp3) is 0.125. The summed E-state index contributed by atoms with van der Waals surface area (Å²) < 4.78 is 6.01. The number of hydrogen-bond donors (Lipinski definition) is 2. The van der Waals surface area contributed by atoms with Gasteiger partial charge in [-0.3, -0.25) is 9.89 Å². The molecule has 1 heterocycles. The van der Waals surface area contributed by atoms with Crippen LogP contribution in [0.4, 0.5) is 0 Å². The molecule has 0 atom stereocenters. The topological polar surface area (TPSA) is 75.2 Å². The molecule has 118 valence electrons. The maximum atomic E-state index is 10.7. The largest absolute Gasteiger partial charge is 0.497 e. The molecule has 0 radical (unpaired) electrons. The number of aromatic nitrogens is 2. The van der Waals surface area contributed by atoms with Gasteiger partial charge in [0, 0.05) is 5.56 Å². The minimum absolute atomic E-state index is 0.0274. The van der Waals surface area contributed by atoms with Crippen molar-refractivity contribution in [2.45, 2.75) is 5.03 Å². The van der Waals surface area contributed by atoms with Gasteiger partial charge in [0.05, 0.1) is 23.0 Å². The Balaban J connectivity index is 1.95. The lowest BCUT2D eigenvalue weighted by Crippen LogP contribution is -1.97. The Bertz CT molecular complexity index is 879. The van der Waals surface area contributed by atoms with Gasteiger partial charge in [-0.15, -0.1) is 0 Å². The standard InChI is InChI=1S/C16H13BrN2O3S/c1-22-12-5-4-9-6-11(3-2-10(9)7-12)15-14(17)16(19-18-15)23-8-13(20)21/h2-7H,8H2,1H3,(H,18,19)(H,20,21). The van der Waals surface area contributed by atoms with Crippen LogP contribution < -0.4 is 4.74 Å². The van der Waals surface area contributed by atoms with Gasteiger partial charge in [-0.1, -0.05) is 30.0 Å². The number of thioether (sulfide) groups is 1. The van der Waals surface area contributed by atoms with E-state index in [1.54, 1.807) is 7.11 Å². The van der Waals surface area contributed by atoms with Crippen LogP contribution >= 0.6 is 27.7 Å². The number of aromatic amines is 1. The molecule has 23 heavy (non-hydrogen) atoms. The van der Waals surface area contributed by atoms with Crippen molar-refractivity contribution in [2.24, 2.45) is 0 Å². The first-order valence-corrected chi connectivity index (χ1v) is 8.53. The molecule has 0 aliphatic rings. The van der Waals surface area contributed by atoms with Gasteiger partial charge in [0.2, 0.25) is 0 Å². The summed E-state index contributed by atoms with van der Waals surface area (Å²) in [5.41, 5.74) is 1.81. The van der Waals surface area contributed by atoms with Crippen LogP contribution in [0.25, 0.3) is 22.0 Å². The van der Waals surface area contributed by atoms with Crippen LogP contribution in [0.1, 0.15) is 0 Å². The van der Waals surface area contributed by atoms with Crippen molar-refractivity contribution in [3.63, 3.8) is 0 Å². The summed E-state index contributed by atoms with van der Waals surface area (Å²) in [5, 5.41) is 18.7. The summed E-state index contributed by atoms with van der Waals surface area (Å²) in [6.07, 6.45) is 0. The van der Waals surface area contributed by atoms with Crippen LogP contribution in [0.3, 0.4) is 0 Å². The average molecular weight is 393 g/mol. The second kappa shape index (κ2) is 6.64. The van der Waals surface area contributed by atoms with Crippen LogP contribution in [0, 0.1) is 0 Å². The van der Waals surface area contributed by atoms with Gasteiger partial charge in [-0.05, 0) is 44.9 Å². The zero-order valence-electron chi connectivity index (χ0n) is 12.2. The molecule has 0 amide bonds. The minimum atomic E-state index is -0.869. The van der Waals surface area contributed by atoms with Crippen molar-refractivity contribution < 1.29 is 14.6 Å². The highest BCUT2D eigenvalue weighted by Crippen LogP contribution is 2.35. The number of carbonyl (C=O) groups is 1. The van der Waals surface area contributed by atoms with Crippen LogP contribution in [0.5, 0.6) is 5.75 Å². The van der Waals surface area contributed by atoms with E-state index in [9.17, 15) is 4.79 Å². The van der Waals surface area contributed by atoms with Gasteiger partial charge in [0.25, 0.3) is 0 Å². The second-order valence-electron chi connectivity index (χ2n) is 4.83. The number of fused-ring (bicyclic) bond motifs is 1. The van der Waals surface area contributed by atoms with Crippen LogP contribution in [-0.2, 0) is 4.79 Å². The molecule has 0 aliphatic heterocycles. The Kier molecular flexibility index (Phi) is 4.58. The maximum absolute atomic E-state index is 10.7. The summed E-state index contributed by atoms with van der Waals surface area (Å²) in [5.74, 6) is -0.0770. The molecule has 0 fully saturated rings. The third-order valence-corrected chi connectivity index (χ3v) is 5.34. The van der Waals surface area contributed by atoms with Gasteiger partial charge >= 0.3 is 5.97 Å². The molecule has 3 aromatic rings. The minimum Gasteiger partial charge on any atom is -0.497 e. The maximum Gasteiger partial charge on any atom is 0.313 e. The number of carboxylic acid groups (broad SMARTS) is 1. The van der Waals surface area contributed by atoms with E-state index in [2.05, 4.69) is 32.2 Å².